The van der Waals surface area contributed by atoms with Gasteiger partial charge in [0.15, 0.2) is 0 Å². The van der Waals surface area contributed by atoms with Gasteiger partial charge in [0.25, 0.3) is 0 Å². The van der Waals surface area contributed by atoms with E-state index in [1.807, 2.05) is 24.8 Å². The van der Waals surface area contributed by atoms with Crippen molar-refractivity contribution in [2.24, 2.45) is 5.92 Å². The predicted molar refractivity (Wildman–Crippen MR) is 88.5 cm³/mol. The molecule has 126 valence electrons. The molecule has 23 heavy (non-hydrogen) atoms. The molecule has 0 radical (unpaired) electrons. The maximum absolute atomic E-state index is 11.7. The number of nitrogens with zero attached hydrogens (tertiary/aromatic N) is 3. The zero-order valence-electron chi connectivity index (χ0n) is 13.8. The summed E-state index contributed by atoms with van der Waals surface area (Å²) in [7, 11) is 0. The fourth-order valence-electron chi connectivity index (χ4n) is 3.81. The Labute approximate surface area is 142 Å². The molecule has 3 rings (SSSR count). The van der Waals surface area contributed by atoms with Gasteiger partial charge in [-0.1, -0.05) is 0 Å². The van der Waals surface area contributed by atoms with Crippen LogP contribution in [0.25, 0.3) is 0 Å². The molecule has 2 aliphatic heterocycles. The predicted octanol–water partition coefficient (Wildman–Crippen LogP) is 2.27. The highest BCUT2D eigenvalue weighted by atomic mass is 35.5. The van der Waals surface area contributed by atoms with Gasteiger partial charge in [0, 0.05) is 30.9 Å². The summed E-state index contributed by atoms with van der Waals surface area (Å²) in [6.07, 6.45) is 3.71. The number of alkyl halides is 1. The molecule has 1 amide bonds. The van der Waals surface area contributed by atoms with Crippen molar-refractivity contribution >= 4 is 17.5 Å². The average Bonchev–Trinajstić information content (AvgIpc) is 2.88. The van der Waals surface area contributed by atoms with Crippen LogP contribution in [-0.2, 0) is 16.0 Å². The van der Waals surface area contributed by atoms with E-state index in [4.69, 9.17) is 16.3 Å². The van der Waals surface area contributed by atoms with Crippen molar-refractivity contribution in [2.45, 2.75) is 45.1 Å². The van der Waals surface area contributed by atoms with E-state index in [9.17, 15) is 4.79 Å². The number of carbonyl (C=O) groups excluding carboxylic acids is 1. The molecular formula is C17H24ClN3O2. The molecule has 0 aliphatic carbocycles. The van der Waals surface area contributed by atoms with E-state index < -0.39 is 0 Å². The van der Waals surface area contributed by atoms with Crippen LogP contribution in [0.2, 0.25) is 0 Å². The summed E-state index contributed by atoms with van der Waals surface area (Å²) in [4.78, 5) is 22.6. The number of aromatic nitrogens is 2. The molecule has 0 N–H and O–H groups in total. The van der Waals surface area contributed by atoms with Crippen molar-refractivity contribution < 1.29 is 9.53 Å². The smallest absolute Gasteiger partial charge is 0.237 e. The Morgan fingerprint density at radius 3 is 2.61 bits per heavy atom. The molecule has 1 aromatic rings. The van der Waals surface area contributed by atoms with Gasteiger partial charge < -0.3 is 9.64 Å². The summed E-state index contributed by atoms with van der Waals surface area (Å²) < 4.78 is 6.16. The highest BCUT2D eigenvalue weighted by Gasteiger charge is 2.43. The van der Waals surface area contributed by atoms with Gasteiger partial charge in [0.05, 0.1) is 12.2 Å². The Kier molecular flexibility index (Phi) is 4.87. The molecule has 0 bridgehead atoms. The van der Waals surface area contributed by atoms with Crippen molar-refractivity contribution in [1.29, 1.82) is 0 Å². The minimum absolute atomic E-state index is 0.0275. The summed E-state index contributed by atoms with van der Waals surface area (Å²) in [5, 5.41) is 0. The van der Waals surface area contributed by atoms with E-state index in [1.54, 1.807) is 0 Å². The fraction of sp³-hybridized carbons (Fsp3) is 0.706. The average molecular weight is 338 g/mol. The number of hydrogen-bond donors (Lipinski definition) is 0. The van der Waals surface area contributed by atoms with Crippen molar-refractivity contribution in [3.63, 3.8) is 0 Å². The third kappa shape index (κ3) is 3.83. The Bertz CT molecular complexity index is 565. The van der Waals surface area contributed by atoms with E-state index in [1.165, 1.54) is 0 Å². The lowest BCUT2D eigenvalue weighted by molar-refractivity contribution is -0.133. The van der Waals surface area contributed by atoms with Gasteiger partial charge >= 0.3 is 0 Å². The lowest BCUT2D eigenvalue weighted by atomic mass is 9.84. The third-order valence-corrected chi connectivity index (χ3v) is 5.16. The summed E-state index contributed by atoms with van der Waals surface area (Å²) in [6, 6.07) is 2.00. The standard InChI is InChI=1S/C17H24ClN3O2/c1-12-7-13(2)20-15(19-12)8-14-9-17(23-11-14)3-5-21(6-4-17)16(22)10-18/h7,14H,3-6,8-11H2,1-2H3. The summed E-state index contributed by atoms with van der Waals surface area (Å²) >= 11 is 5.64. The van der Waals surface area contributed by atoms with Crippen molar-refractivity contribution in [2.75, 3.05) is 25.6 Å². The quantitative estimate of drug-likeness (QED) is 0.794. The molecular weight excluding hydrogens is 314 g/mol. The minimum Gasteiger partial charge on any atom is -0.375 e. The van der Waals surface area contributed by atoms with Crippen LogP contribution in [-0.4, -0.2) is 52.0 Å². The van der Waals surface area contributed by atoms with Crippen LogP contribution in [0.15, 0.2) is 6.07 Å². The molecule has 6 heteroatoms. The van der Waals surface area contributed by atoms with Crippen LogP contribution in [0, 0.1) is 19.8 Å². The number of halogens is 1. The number of aryl methyl sites for hydroxylation is 2. The van der Waals surface area contributed by atoms with E-state index in [0.29, 0.717) is 5.92 Å². The molecule has 0 aromatic carbocycles. The van der Waals surface area contributed by atoms with Gasteiger partial charge in [-0.25, -0.2) is 9.97 Å². The topological polar surface area (TPSA) is 55.3 Å². The van der Waals surface area contributed by atoms with E-state index in [2.05, 4.69) is 9.97 Å². The summed E-state index contributed by atoms with van der Waals surface area (Å²) in [6.45, 7) is 6.28. The Hall–Kier alpha value is -1.20. The van der Waals surface area contributed by atoms with E-state index >= 15 is 0 Å². The van der Waals surface area contributed by atoms with Crippen molar-refractivity contribution in [3.05, 3.63) is 23.3 Å². The third-order valence-electron chi connectivity index (χ3n) is 4.93. The first kappa shape index (κ1) is 16.7. The molecule has 5 nitrogen and oxygen atoms in total. The highest BCUT2D eigenvalue weighted by molar-refractivity contribution is 6.27. The molecule has 0 saturated carbocycles. The van der Waals surface area contributed by atoms with E-state index in [0.717, 1.165) is 62.6 Å². The molecule has 1 unspecified atom stereocenters. The number of piperidine rings is 1. The Morgan fingerprint density at radius 2 is 2.00 bits per heavy atom. The second kappa shape index (κ2) is 6.73. The summed E-state index contributed by atoms with van der Waals surface area (Å²) in [5.74, 6) is 1.48. The number of ether oxygens (including phenoxy) is 1. The van der Waals surface area contributed by atoms with Gasteiger partial charge in [-0.15, -0.1) is 11.6 Å². The number of amides is 1. The monoisotopic (exact) mass is 337 g/mol. The normalized spacial score (nSPS) is 23.4. The molecule has 3 heterocycles. The van der Waals surface area contributed by atoms with Gasteiger partial charge in [-0.05, 0) is 45.1 Å². The van der Waals surface area contributed by atoms with Gasteiger partial charge in [-0.2, -0.15) is 0 Å². The van der Waals surface area contributed by atoms with Gasteiger partial charge in [-0.3, -0.25) is 4.79 Å². The molecule has 2 fully saturated rings. The van der Waals surface area contributed by atoms with Crippen molar-refractivity contribution in [1.82, 2.24) is 14.9 Å². The van der Waals surface area contributed by atoms with E-state index in [-0.39, 0.29) is 17.4 Å². The van der Waals surface area contributed by atoms with Crippen LogP contribution in [0.3, 0.4) is 0 Å². The lowest BCUT2D eigenvalue weighted by Gasteiger charge is -2.38. The SMILES string of the molecule is Cc1cc(C)nc(CC2COC3(CCN(C(=O)CCl)CC3)C2)n1. The number of carbonyl (C=O) groups is 1. The number of rotatable bonds is 3. The second-order valence-corrected chi connectivity index (χ2v) is 7.12. The zero-order chi connectivity index (χ0) is 16.4. The van der Waals surface area contributed by atoms with Gasteiger partial charge in [0.2, 0.25) is 5.91 Å². The summed E-state index contributed by atoms with van der Waals surface area (Å²) in [5.41, 5.74) is 1.98. The van der Waals surface area contributed by atoms with Crippen LogP contribution < -0.4 is 0 Å². The molecule has 1 spiro atoms. The first-order valence-corrected chi connectivity index (χ1v) is 8.82. The van der Waals surface area contributed by atoms with Gasteiger partial charge in [0.1, 0.15) is 11.7 Å². The zero-order valence-corrected chi connectivity index (χ0v) is 14.6. The lowest BCUT2D eigenvalue weighted by Crippen LogP contribution is -2.46. The van der Waals surface area contributed by atoms with Crippen LogP contribution in [0.5, 0.6) is 0 Å². The maximum Gasteiger partial charge on any atom is 0.237 e. The highest BCUT2D eigenvalue weighted by Crippen LogP contribution is 2.39. The van der Waals surface area contributed by atoms with Crippen LogP contribution >= 0.6 is 11.6 Å². The molecule has 2 saturated heterocycles. The molecule has 2 aliphatic rings. The van der Waals surface area contributed by atoms with Crippen molar-refractivity contribution in [3.8, 4) is 0 Å². The molecule has 1 atom stereocenters. The maximum atomic E-state index is 11.7. The Balaban J connectivity index is 1.57. The Morgan fingerprint density at radius 1 is 1.35 bits per heavy atom. The molecule has 1 aromatic heterocycles. The van der Waals surface area contributed by atoms with Crippen LogP contribution in [0.4, 0.5) is 0 Å². The minimum atomic E-state index is -0.0629. The van der Waals surface area contributed by atoms with Crippen LogP contribution in [0.1, 0.15) is 36.5 Å². The number of likely N-dealkylation sites (tertiary alicyclic amines) is 1. The largest absolute Gasteiger partial charge is 0.375 e. The first-order chi connectivity index (χ1) is 11.0. The fourth-order valence-corrected chi connectivity index (χ4v) is 3.98. The first-order valence-electron chi connectivity index (χ1n) is 8.28. The number of hydrogen-bond acceptors (Lipinski definition) is 4. The second-order valence-electron chi connectivity index (χ2n) is 6.85.